The van der Waals surface area contributed by atoms with Crippen LogP contribution in [0.15, 0.2) is 53.3 Å². The SMILES string of the molecule is O=C(O)c1cncc(Oc2ccc3cc(Br)ccc3c2)n1. The second-order valence-corrected chi connectivity index (χ2v) is 5.22. The number of benzene rings is 2. The van der Waals surface area contributed by atoms with E-state index in [-0.39, 0.29) is 11.6 Å². The predicted octanol–water partition coefficient (Wildman–Crippen LogP) is 3.88. The second-order valence-electron chi connectivity index (χ2n) is 4.30. The minimum Gasteiger partial charge on any atom is -0.476 e. The van der Waals surface area contributed by atoms with E-state index in [1.165, 1.54) is 12.4 Å². The fraction of sp³-hybridized carbons (Fsp3) is 0. The highest BCUT2D eigenvalue weighted by molar-refractivity contribution is 9.10. The molecule has 0 radical (unpaired) electrons. The number of carbonyl (C=O) groups is 1. The van der Waals surface area contributed by atoms with Crippen molar-refractivity contribution in [1.29, 1.82) is 0 Å². The van der Waals surface area contributed by atoms with E-state index in [0.717, 1.165) is 15.2 Å². The van der Waals surface area contributed by atoms with Crippen molar-refractivity contribution in [2.75, 3.05) is 0 Å². The summed E-state index contributed by atoms with van der Waals surface area (Å²) in [6.45, 7) is 0. The van der Waals surface area contributed by atoms with E-state index in [0.29, 0.717) is 5.75 Å². The number of carboxylic acid groups (broad SMARTS) is 1. The molecule has 2 aromatic carbocycles. The first kappa shape index (κ1) is 13.5. The highest BCUT2D eigenvalue weighted by Crippen LogP contribution is 2.26. The van der Waals surface area contributed by atoms with Gasteiger partial charge >= 0.3 is 5.97 Å². The zero-order valence-electron chi connectivity index (χ0n) is 10.7. The molecule has 0 atom stereocenters. The first-order valence-corrected chi connectivity index (χ1v) is 6.83. The molecule has 0 saturated carbocycles. The number of fused-ring (bicyclic) bond motifs is 1. The van der Waals surface area contributed by atoms with Crippen LogP contribution in [0.1, 0.15) is 10.5 Å². The number of carboxylic acids is 1. The third-order valence-corrected chi connectivity index (χ3v) is 3.32. The van der Waals surface area contributed by atoms with Crippen molar-refractivity contribution in [3.05, 3.63) is 59.0 Å². The van der Waals surface area contributed by atoms with Crippen LogP contribution in [-0.4, -0.2) is 21.0 Å². The molecule has 0 fully saturated rings. The largest absolute Gasteiger partial charge is 0.476 e. The first-order chi connectivity index (χ1) is 10.1. The molecule has 0 spiro atoms. The van der Waals surface area contributed by atoms with E-state index in [1.54, 1.807) is 6.07 Å². The Morgan fingerprint density at radius 3 is 2.67 bits per heavy atom. The average molecular weight is 345 g/mol. The lowest BCUT2D eigenvalue weighted by atomic mass is 10.1. The molecule has 6 heteroatoms. The monoisotopic (exact) mass is 344 g/mol. The lowest BCUT2D eigenvalue weighted by Crippen LogP contribution is -2.02. The van der Waals surface area contributed by atoms with E-state index in [9.17, 15) is 4.79 Å². The maximum absolute atomic E-state index is 10.8. The summed E-state index contributed by atoms with van der Waals surface area (Å²) in [5.41, 5.74) is -0.155. The summed E-state index contributed by atoms with van der Waals surface area (Å²) in [5, 5.41) is 11.0. The van der Waals surface area contributed by atoms with Crippen LogP contribution in [0.4, 0.5) is 0 Å². The van der Waals surface area contributed by atoms with Gasteiger partial charge in [0.05, 0.1) is 12.4 Å². The molecular weight excluding hydrogens is 336 g/mol. The predicted molar refractivity (Wildman–Crippen MR) is 80.7 cm³/mol. The average Bonchev–Trinajstić information content (AvgIpc) is 2.48. The highest BCUT2D eigenvalue weighted by atomic mass is 79.9. The van der Waals surface area contributed by atoms with E-state index >= 15 is 0 Å². The molecule has 0 amide bonds. The van der Waals surface area contributed by atoms with Gasteiger partial charge in [-0.3, -0.25) is 4.98 Å². The molecule has 21 heavy (non-hydrogen) atoms. The second kappa shape index (κ2) is 5.49. The molecule has 0 aliphatic carbocycles. The van der Waals surface area contributed by atoms with Crippen molar-refractivity contribution in [2.24, 2.45) is 0 Å². The Labute approximate surface area is 128 Å². The maximum atomic E-state index is 10.8. The summed E-state index contributed by atoms with van der Waals surface area (Å²) >= 11 is 3.42. The number of halogens is 1. The number of aromatic carboxylic acids is 1. The Balaban J connectivity index is 1.92. The molecular formula is C15H9BrN2O3. The van der Waals surface area contributed by atoms with Gasteiger partial charge in [-0.15, -0.1) is 0 Å². The van der Waals surface area contributed by atoms with Crippen molar-refractivity contribution in [3.63, 3.8) is 0 Å². The van der Waals surface area contributed by atoms with Gasteiger partial charge in [0.25, 0.3) is 0 Å². The van der Waals surface area contributed by atoms with Crippen LogP contribution < -0.4 is 4.74 Å². The Morgan fingerprint density at radius 1 is 1.10 bits per heavy atom. The fourth-order valence-corrected chi connectivity index (χ4v) is 2.26. The summed E-state index contributed by atoms with van der Waals surface area (Å²) in [5.74, 6) is -0.427. The van der Waals surface area contributed by atoms with Crippen molar-refractivity contribution in [3.8, 4) is 11.6 Å². The van der Waals surface area contributed by atoms with Gasteiger partial charge < -0.3 is 9.84 Å². The molecule has 0 unspecified atom stereocenters. The lowest BCUT2D eigenvalue weighted by molar-refractivity contribution is 0.0689. The van der Waals surface area contributed by atoms with Crippen LogP contribution in [0.2, 0.25) is 0 Å². The van der Waals surface area contributed by atoms with Crippen LogP contribution in [0.3, 0.4) is 0 Å². The molecule has 0 bridgehead atoms. The van der Waals surface area contributed by atoms with E-state index < -0.39 is 5.97 Å². The Morgan fingerprint density at radius 2 is 1.86 bits per heavy atom. The van der Waals surface area contributed by atoms with Crippen LogP contribution in [0.5, 0.6) is 11.6 Å². The van der Waals surface area contributed by atoms with Gasteiger partial charge in [0.2, 0.25) is 5.88 Å². The molecule has 1 heterocycles. The molecule has 1 N–H and O–H groups in total. The summed E-state index contributed by atoms with van der Waals surface area (Å²) in [7, 11) is 0. The smallest absolute Gasteiger partial charge is 0.356 e. The number of ether oxygens (including phenoxy) is 1. The third-order valence-electron chi connectivity index (χ3n) is 2.83. The topological polar surface area (TPSA) is 72.3 Å². The molecule has 3 aromatic rings. The number of hydrogen-bond acceptors (Lipinski definition) is 4. The van der Waals surface area contributed by atoms with Crippen molar-refractivity contribution < 1.29 is 14.6 Å². The van der Waals surface area contributed by atoms with Crippen LogP contribution >= 0.6 is 15.9 Å². The van der Waals surface area contributed by atoms with Crippen LogP contribution in [0, 0.1) is 0 Å². The van der Waals surface area contributed by atoms with Crippen LogP contribution in [-0.2, 0) is 0 Å². The Kier molecular flexibility index (Phi) is 3.53. The highest BCUT2D eigenvalue weighted by Gasteiger charge is 2.08. The quantitative estimate of drug-likeness (QED) is 0.780. The lowest BCUT2D eigenvalue weighted by Gasteiger charge is -2.06. The summed E-state index contributed by atoms with van der Waals surface area (Å²) in [6, 6.07) is 11.5. The summed E-state index contributed by atoms with van der Waals surface area (Å²) in [6.07, 6.45) is 2.55. The van der Waals surface area contributed by atoms with Gasteiger partial charge in [-0.1, -0.05) is 28.1 Å². The summed E-state index contributed by atoms with van der Waals surface area (Å²) < 4.78 is 6.56. The molecule has 1 aromatic heterocycles. The molecule has 0 aliphatic heterocycles. The van der Waals surface area contributed by atoms with Crippen LogP contribution in [0.25, 0.3) is 10.8 Å². The number of nitrogens with zero attached hydrogens (tertiary/aromatic N) is 2. The van der Waals surface area contributed by atoms with Gasteiger partial charge in [-0.2, -0.15) is 0 Å². The van der Waals surface area contributed by atoms with Gasteiger partial charge in [0.15, 0.2) is 5.69 Å². The molecule has 0 aliphatic rings. The Hall–Kier alpha value is -2.47. The van der Waals surface area contributed by atoms with Gasteiger partial charge in [0.1, 0.15) is 5.75 Å². The number of hydrogen-bond donors (Lipinski definition) is 1. The first-order valence-electron chi connectivity index (χ1n) is 6.04. The summed E-state index contributed by atoms with van der Waals surface area (Å²) in [4.78, 5) is 18.5. The maximum Gasteiger partial charge on any atom is 0.356 e. The zero-order chi connectivity index (χ0) is 14.8. The van der Waals surface area contributed by atoms with Crippen molar-refractivity contribution >= 4 is 32.7 Å². The van der Waals surface area contributed by atoms with Crippen molar-refractivity contribution in [1.82, 2.24) is 9.97 Å². The number of aromatic nitrogens is 2. The van der Waals surface area contributed by atoms with Crippen molar-refractivity contribution in [2.45, 2.75) is 0 Å². The van der Waals surface area contributed by atoms with Gasteiger partial charge in [0, 0.05) is 4.47 Å². The zero-order valence-corrected chi connectivity index (χ0v) is 12.2. The fourth-order valence-electron chi connectivity index (χ4n) is 1.88. The van der Waals surface area contributed by atoms with Gasteiger partial charge in [-0.25, -0.2) is 9.78 Å². The molecule has 5 nitrogen and oxygen atoms in total. The standard InChI is InChI=1S/C15H9BrN2O3/c16-11-3-1-10-6-12(4-2-9(10)5-11)21-14-8-17-7-13(18-14)15(19)20/h1-8H,(H,19,20). The minimum atomic E-state index is -1.14. The van der Waals surface area contributed by atoms with E-state index in [1.807, 2.05) is 30.3 Å². The molecule has 104 valence electrons. The Bertz CT molecular complexity index is 836. The molecule has 3 rings (SSSR count). The molecule has 0 saturated heterocycles. The van der Waals surface area contributed by atoms with E-state index in [4.69, 9.17) is 9.84 Å². The minimum absolute atomic E-state index is 0.145. The normalized spacial score (nSPS) is 10.5. The number of rotatable bonds is 3. The van der Waals surface area contributed by atoms with Gasteiger partial charge in [-0.05, 0) is 35.0 Å². The third kappa shape index (κ3) is 3.00. The van der Waals surface area contributed by atoms with E-state index in [2.05, 4.69) is 25.9 Å².